The van der Waals surface area contributed by atoms with Gasteiger partial charge >= 0.3 is 0 Å². The summed E-state index contributed by atoms with van der Waals surface area (Å²) < 4.78 is 0. The van der Waals surface area contributed by atoms with Crippen LogP contribution in [0.1, 0.15) is 24.5 Å². The van der Waals surface area contributed by atoms with Crippen LogP contribution < -0.4 is 5.32 Å². The molecular formula is C19H25NS. The number of aryl methyl sites for hydroxylation is 1. The van der Waals surface area contributed by atoms with Crippen LogP contribution in [0.25, 0.3) is 0 Å². The summed E-state index contributed by atoms with van der Waals surface area (Å²) in [5.74, 6) is 1.11. The van der Waals surface area contributed by atoms with E-state index in [1.807, 2.05) is 11.8 Å². The molecule has 1 atom stereocenters. The van der Waals surface area contributed by atoms with Crippen LogP contribution in [0.3, 0.4) is 0 Å². The molecule has 21 heavy (non-hydrogen) atoms. The standard InChI is InChI=1S/C19H25NS/c1-3-13-20-18(14-17-10-8-7-9-16(17)2)15-21-19-11-5-4-6-12-19/h4-12,18,20H,3,13-15H2,1-2H3. The maximum Gasteiger partial charge on any atom is 0.0202 e. The molecule has 2 aromatic carbocycles. The molecule has 0 radical (unpaired) electrons. The monoisotopic (exact) mass is 299 g/mol. The molecule has 1 unspecified atom stereocenters. The van der Waals surface area contributed by atoms with E-state index in [2.05, 4.69) is 73.8 Å². The number of rotatable bonds is 8. The van der Waals surface area contributed by atoms with Gasteiger partial charge in [0.05, 0.1) is 0 Å². The van der Waals surface area contributed by atoms with Gasteiger partial charge in [0.15, 0.2) is 0 Å². The molecule has 0 aliphatic rings. The number of thioether (sulfide) groups is 1. The van der Waals surface area contributed by atoms with Gasteiger partial charge in [-0.25, -0.2) is 0 Å². The summed E-state index contributed by atoms with van der Waals surface area (Å²) in [6.45, 7) is 5.52. The van der Waals surface area contributed by atoms with Crippen molar-refractivity contribution in [2.75, 3.05) is 12.3 Å². The summed E-state index contributed by atoms with van der Waals surface area (Å²) in [7, 11) is 0. The Morgan fingerprint density at radius 2 is 1.71 bits per heavy atom. The lowest BCUT2D eigenvalue weighted by Gasteiger charge is -2.19. The van der Waals surface area contributed by atoms with Crippen LogP contribution in [0.4, 0.5) is 0 Å². The molecule has 1 nitrogen and oxygen atoms in total. The van der Waals surface area contributed by atoms with Gasteiger partial charge in [-0.1, -0.05) is 49.4 Å². The Morgan fingerprint density at radius 1 is 1.00 bits per heavy atom. The summed E-state index contributed by atoms with van der Waals surface area (Å²) in [4.78, 5) is 1.35. The van der Waals surface area contributed by atoms with Crippen molar-refractivity contribution in [3.8, 4) is 0 Å². The summed E-state index contributed by atoms with van der Waals surface area (Å²) in [5.41, 5.74) is 2.85. The molecular weight excluding hydrogens is 274 g/mol. The summed E-state index contributed by atoms with van der Waals surface area (Å²) in [6, 6.07) is 19.9. The van der Waals surface area contributed by atoms with Crippen LogP contribution in [-0.2, 0) is 6.42 Å². The fourth-order valence-corrected chi connectivity index (χ4v) is 3.34. The van der Waals surface area contributed by atoms with Gasteiger partial charge < -0.3 is 5.32 Å². The SMILES string of the molecule is CCCNC(CSc1ccccc1)Cc1ccccc1C. The summed E-state index contributed by atoms with van der Waals surface area (Å²) >= 11 is 1.94. The van der Waals surface area contributed by atoms with E-state index < -0.39 is 0 Å². The van der Waals surface area contributed by atoms with E-state index in [4.69, 9.17) is 0 Å². The zero-order chi connectivity index (χ0) is 14.9. The summed E-state index contributed by atoms with van der Waals surface area (Å²) in [6.07, 6.45) is 2.28. The Balaban J connectivity index is 1.96. The van der Waals surface area contributed by atoms with Crippen molar-refractivity contribution < 1.29 is 0 Å². The molecule has 0 aromatic heterocycles. The lowest BCUT2D eigenvalue weighted by atomic mass is 10.0. The normalized spacial score (nSPS) is 12.3. The Hall–Kier alpha value is -1.25. The van der Waals surface area contributed by atoms with Crippen molar-refractivity contribution >= 4 is 11.8 Å². The van der Waals surface area contributed by atoms with Crippen molar-refractivity contribution in [2.24, 2.45) is 0 Å². The lowest BCUT2D eigenvalue weighted by Crippen LogP contribution is -2.34. The van der Waals surface area contributed by atoms with Gasteiger partial charge in [-0.15, -0.1) is 11.8 Å². The fraction of sp³-hybridized carbons (Fsp3) is 0.368. The fourth-order valence-electron chi connectivity index (χ4n) is 2.36. The second kappa shape index (κ2) is 8.91. The van der Waals surface area contributed by atoms with Gasteiger partial charge in [-0.05, 0) is 49.6 Å². The molecule has 0 amide bonds. The van der Waals surface area contributed by atoms with Crippen molar-refractivity contribution in [1.82, 2.24) is 5.32 Å². The van der Waals surface area contributed by atoms with Crippen LogP contribution in [-0.4, -0.2) is 18.3 Å². The minimum Gasteiger partial charge on any atom is -0.313 e. The first-order valence-corrected chi connectivity index (χ1v) is 8.74. The van der Waals surface area contributed by atoms with E-state index in [0.717, 1.165) is 18.7 Å². The molecule has 0 heterocycles. The van der Waals surface area contributed by atoms with Gasteiger partial charge in [0.2, 0.25) is 0 Å². The third kappa shape index (κ3) is 5.56. The number of nitrogens with one attached hydrogen (secondary N) is 1. The van der Waals surface area contributed by atoms with Gasteiger partial charge in [0.25, 0.3) is 0 Å². The molecule has 2 aromatic rings. The molecule has 0 saturated heterocycles. The Bertz CT molecular complexity index is 524. The molecule has 0 bridgehead atoms. The molecule has 2 heteroatoms. The maximum absolute atomic E-state index is 3.69. The Labute approximate surface area is 133 Å². The molecule has 0 saturated carbocycles. The third-order valence-corrected chi connectivity index (χ3v) is 4.78. The van der Waals surface area contributed by atoms with Crippen molar-refractivity contribution in [1.29, 1.82) is 0 Å². The van der Waals surface area contributed by atoms with Crippen LogP contribution in [0, 0.1) is 6.92 Å². The number of hydrogen-bond donors (Lipinski definition) is 1. The van der Waals surface area contributed by atoms with E-state index in [1.54, 1.807) is 0 Å². The first-order chi connectivity index (χ1) is 10.3. The quantitative estimate of drug-likeness (QED) is 0.709. The highest BCUT2D eigenvalue weighted by atomic mass is 32.2. The minimum absolute atomic E-state index is 0.524. The number of benzene rings is 2. The topological polar surface area (TPSA) is 12.0 Å². The molecule has 0 spiro atoms. The molecule has 0 aliphatic carbocycles. The first kappa shape index (κ1) is 16.1. The Kier molecular flexibility index (Phi) is 6.84. The number of hydrogen-bond acceptors (Lipinski definition) is 2. The first-order valence-electron chi connectivity index (χ1n) is 7.75. The molecule has 2 rings (SSSR count). The second-order valence-corrected chi connectivity index (χ2v) is 6.50. The average Bonchev–Trinajstić information content (AvgIpc) is 2.53. The van der Waals surface area contributed by atoms with Crippen molar-refractivity contribution in [3.63, 3.8) is 0 Å². The van der Waals surface area contributed by atoms with Gasteiger partial charge in [-0.2, -0.15) is 0 Å². The molecule has 1 N–H and O–H groups in total. The highest BCUT2D eigenvalue weighted by molar-refractivity contribution is 7.99. The van der Waals surface area contributed by atoms with E-state index in [9.17, 15) is 0 Å². The van der Waals surface area contributed by atoms with Gasteiger partial charge in [-0.3, -0.25) is 0 Å². The maximum atomic E-state index is 3.69. The lowest BCUT2D eigenvalue weighted by molar-refractivity contribution is 0.549. The van der Waals surface area contributed by atoms with Crippen molar-refractivity contribution in [2.45, 2.75) is 37.6 Å². The van der Waals surface area contributed by atoms with Crippen LogP contribution in [0.15, 0.2) is 59.5 Å². The zero-order valence-corrected chi connectivity index (χ0v) is 13.8. The third-order valence-electron chi connectivity index (χ3n) is 3.60. The predicted octanol–water partition coefficient (Wildman–Crippen LogP) is 4.70. The minimum atomic E-state index is 0.524. The molecule has 112 valence electrons. The zero-order valence-electron chi connectivity index (χ0n) is 13.0. The van der Waals surface area contributed by atoms with Crippen LogP contribution >= 0.6 is 11.8 Å². The highest BCUT2D eigenvalue weighted by Gasteiger charge is 2.10. The molecule has 0 fully saturated rings. The Morgan fingerprint density at radius 3 is 2.43 bits per heavy atom. The average molecular weight is 299 g/mol. The van der Waals surface area contributed by atoms with E-state index >= 15 is 0 Å². The van der Waals surface area contributed by atoms with E-state index in [0.29, 0.717) is 6.04 Å². The van der Waals surface area contributed by atoms with Crippen molar-refractivity contribution in [3.05, 3.63) is 65.7 Å². The summed E-state index contributed by atoms with van der Waals surface area (Å²) in [5, 5.41) is 3.69. The molecule has 0 aliphatic heterocycles. The van der Waals surface area contributed by atoms with Crippen LogP contribution in [0.5, 0.6) is 0 Å². The second-order valence-electron chi connectivity index (χ2n) is 5.41. The van der Waals surface area contributed by atoms with Crippen LogP contribution in [0.2, 0.25) is 0 Å². The van der Waals surface area contributed by atoms with Gasteiger partial charge in [0, 0.05) is 16.7 Å². The smallest absolute Gasteiger partial charge is 0.0202 e. The highest BCUT2D eigenvalue weighted by Crippen LogP contribution is 2.20. The predicted molar refractivity (Wildman–Crippen MR) is 94.1 cm³/mol. The largest absolute Gasteiger partial charge is 0.313 e. The van der Waals surface area contributed by atoms with E-state index in [-0.39, 0.29) is 0 Å². The van der Waals surface area contributed by atoms with E-state index in [1.165, 1.54) is 22.4 Å². The van der Waals surface area contributed by atoms with Gasteiger partial charge in [0.1, 0.15) is 0 Å².